The number of nitrogens with zero attached hydrogens (tertiary/aromatic N) is 2. The van der Waals surface area contributed by atoms with E-state index in [2.05, 4.69) is 15.8 Å². The smallest absolute Gasteiger partial charge is 0.322 e. The number of aromatic nitrogens is 1. The minimum Gasteiger partial charge on any atom is -0.492 e. The number of carbonyl (C=O) groups is 2. The van der Waals surface area contributed by atoms with Crippen molar-refractivity contribution in [2.24, 2.45) is 0 Å². The van der Waals surface area contributed by atoms with Gasteiger partial charge in [0.1, 0.15) is 18.1 Å². The van der Waals surface area contributed by atoms with Crippen molar-refractivity contribution in [2.45, 2.75) is 32.8 Å². The van der Waals surface area contributed by atoms with Gasteiger partial charge in [0.05, 0.1) is 18.4 Å². The van der Waals surface area contributed by atoms with Gasteiger partial charge in [-0.25, -0.2) is 4.79 Å². The molecule has 1 atom stereocenters. The Kier molecular flexibility index (Phi) is 7.07. The van der Waals surface area contributed by atoms with Gasteiger partial charge in [0.15, 0.2) is 5.82 Å². The molecule has 29 heavy (non-hydrogen) atoms. The van der Waals surface area contributed by atoms with Crippen molar-refractivity contribution in [1.82, 2.24) is 10.1 Å². The highest BCUT2D eigenvalue weighted by molar-refractivity contribution is 5.97. The summed E-state index contributed by atoms with van der Waals surface area (Å²) in [6.45, 7) is 4.92. The Morgan fingerprint density at radius 3 is 2.83 bits per heavy atom. The van der Waals surface area contributed by atoms with Crippen LogP contribution in [-0.4, -0.2) is 54.4 Å². The summed E-state index contributed by atoms with van der Waals surface area (Å²) in [5, 5.41) is 9.22. The van der Waals surface area contributed by atoms with Crippen LogP contribution < -0.4 is 15.4 Å². The highest BCUT2D eigenvalue weighted by atomic mass is 16.5. The van der Waals surface area contributed by atoms with Gasteiger partial charge < -0.3 is 29.5 Å². The van der Waals surface area contributed by atoms with Crippen molar-refractivity contribution in [3.63, 3.8) is 0 Å². The number of ether oxygens (including phenoxy) is 2. The number of benzene rings is 1. The van der Waals surface area contributed by atoms with E-state index in [-0.39, 0.29) is 18.6 Å². The summed E-state index contributed by atoms with van der Waals surface area (Å²) in [5.74, 6) is 1.10. The van der Waals surface area contributed by atoms with Crippen molar-refractivity contribution in [1.29, 1.82) is 0 Å². The average molecular weight is 402 g/mol. The Morgan fingerprint density at radius 2 is 2.14 bits per heavy atom. The third-order valence-corrected chi connectivity index (χ3v) is 4.39. The van der Waals surface area contributed by atoms with E-state index in [0.29, 0.717) is 42.8 Å². The molecule has 0 unspecified atom stereocenters. The minimum absolute atomic E-state index is 0.0926. The fraction of sp³-hybridized carbons (Fsp3) is 0.450. The van der Waals surface area contributed by atoms with E-state index in [9.17, 15) is 9.59 Å². The molecule has 0 spiro atoms. The molecular weight excluding hydrogens is 376 g/mol. The monoisotopic (exact) mass is 402 g/mol. The largest absolute Gasteiger partial charge is 0.492 e. The SMILES string of the molecule is CCOc1ccccc1NC(=O)N(CC(=O)Nc1cc(C)on1)C[C@@H]1CCCO1. The van der Waals surface area contributed by atoms with Gasteiger partial charge >= 0.3 is 6.03 Å². The zero-order valence-corrected chi connectivity index (χ0v) is 16.6. The molecule has 1 fully saturated rings. The molecule has 9 nitrogen and oxygen atoms in total. The molecule has 1 aliphatic heterocycles. The van der Waals surface area contributed by atoms with Crippen LogP contribution in [0.3, 0.4) is 0 Å². The first kappa shape index (κ1) is 20.7. The number of rotatable bonds is 8. The van der Waals surface area contributed by atoms with E-state index in [1.165, 1.54) is 4.90 Å². The first-order valence-electron chi connectivity index (χ1n) is 9.67. The molecule has 2 heterocycles. The standard InChI is InChI=1S/C20H26N4O5/c1-3-27-17-9-5-4-8-16(17)21-20(26)24(12-15-7-6-10-28-15)13-19(25)22-18-11-14(2)29-23-18/h4-5,8-9,11,15H,3,6-7,10,12-13H2,1-2H3,(H,21,26)(H,22,23,25)/t15-/m0/s1. The normalized spacial score (nSPS) is 15.7. The minimum atomic E-state index is -0.404. The third-order valence-electron chi connectivity index (χ3n) is 4.39. The lowest BCUT2D eigenvalue weighted by Gasteiger charge is -2.25. The van der Waals surface area contributed by atoms with Crippen molar-refractivity contribution >= 4 is 23.4 Å². The maximum atomic E-state index is 12.9. The average Bonchev–Trinajstić information content (AvgIpc) is 3.34. The zero-order chi connectivity index (χ0) is 20.6. The molecule has 0 saturated carbocycles. The molecule has 3 rings (SSSR count). The fourth-order valence-corrected chi connectivity index (χ4v) is 3.08. The second kappa shape index (κ2) is 9.92. The lowest BCUT2D eigenvalue weighted by atomic mass is 10.2. The Bertz CT molecular complexity index is 832. The molecule has 156 valence electrons. The van der Waals surface area contributed by atoms with Crippen molar-refractivity contribution in [2.75, 3.05) is 36.9 Å². The Balaban J connectivity index is 1.68. The third kappa shape index (κ3) is 5.95. The summed E-state index contributed by atoms with van der Waals surface area (Å²) in [4.78, 5) is 26.8. The van der Waals surface area contributed by atoms with Crippen LogP contribution >= 0.6 is 0 Å². The van der Waals surface area contributed by atoms with Gasteiger partial charge in [-0.1, -0.05) is 17.3 Å². The zero-order valence-electron chi connectivity index (χ0n) is 16.6. The van der Waals surface area contributed by atoms with Gasteiger partial charge in [0.2, 0.25) is 5.91 Å². The molecule has 1 saturated heterocycles. The highest BCUT2D eigenvalue weighted by Gasteiger charge is 2.25. The van der Waals surface area contributed by atoms with Gasteiger partial charge in [-0.2, -0.15) is 0 Å². The van der Waals surface area contributed by atoms with Crippen LogP contribution in [0.5, 0.6) is 5.75 Å². The summed E-state index contributed by atoms with van der Waals surface area (Å²) in [7, 11) is 0. The van der Waals surface area contributed by atoms with E-state index >= 15 is 0 Å². The fourth-order valence-electron chi connectivity index (χ4n) is 3.08. The number of urea groups is 1. The second-order valence-corrected chi connectivity index (χ2v) is 6.75. The molecule has 0 aliphatic carbocycles. The number of hydrogen-bond acceptors (Lipinski definition) is 6. The van der Waals surface area contributed by atoms with Crippen LogP contribution in [0, 0.1) is 6.92 Å². The summed E-state index contributed by atoms with van der Waals surface area (Å²) in [6, 6.07) is 8.38. The topological polar surface area (TPSA) is 106 Å². The number of carbonyl (C=O) groups excluding carboxylic acids is 2. The van der Waals surface area contributed by atoms with E-state index in [0.717, 1.165) is 12.8 Å². The van der Waals surface area contributed by atoms with Crippen molar-refractivity contribution in [3.8, 4) is 5.75 Å². The molecule has 0 bridgehead atoms. The van der Waals surface area contributed by atoms with Gasteiger partial charge in [0, 0.05) is 19.2 Å². The second-order valence-electron chi connectivity index (χ2n) is 6.75. The van der Waals surface area contributed by atoms with E-state index in [1.54, 1.807) is 25.1 Å². The van der Waals surface area contributed by atoms with Gasteiger partial charge in [-0.05, 0) is 38.8 Å². The first-order valence-corrected chi connectivity index (χ1v) is 9.67. The van der Waals surface area contributed by atoms with E-state index < -0.39 is 6.03 Å². The predicted octanol–water partition coefficient (Wildman–Crippen LogP) is 3.03. The molecule has 2 aromatic rings. The Hall–Kier alpha value is -3.07. The van der Waals surface area contributed by atoms with E-state index in [4.69, 9.17) is 14.0 Å². The Labute approximate surface area is 169 Å². The molecule has 1 aromatic heterocycles. The summed E-state index contributed by atoms with van der Waals surface area (Å²) in [5.41, 5.74) is 0.546. The number of para-hydroxylation sites is 2. The van der Waals surface area contributed by atoms with Crippen LogP contribution in [-0.2, 0) is 9.53 Å². The summed E-state index contributed by atoms with van der Waals surface area (Å²) < 4.78 is 16.2. The van der Waals surface area contributed by atoms with Crippen molar-refractivity contribution in [3.05, 3.63) is 36.1 Å². The number of anilines is 2. The summed E-state index contributed by atoms with van der Waals surface area (Å²) >= 11 is 0. The summed E-state index contributed by atoms with van der Waals surface area (Å²) in [6.07, 6.45) is 1.70. The maximum Gasteiger partial charge on any atom is 0.322 e. The van der Waals surface area contributed by atoms with E-state index in [1.807, 2.05) is 19.1 Å². The van der Waals surface area contributed by atoms with Crippen LogP contribution in [0.1, 0.15) is 25.5 Å². The molecule has 3 amide bonds. The molecule has 0 radical (unpaired) electrons. The lowest BCUT2D eigenvalue weighted by molar-refractivity contribution is -0.117. The lowest BCUT2D eigenvalue weighted by Crippen LogP contribution is -2.44. The van der Waals surface area contributed by atoms with Gasteiger partial charge in [-0.3, -0.25) is 4.79 Å². The van der Waals surface area contributed by atoms with Crippen LogP contribution in [0.25, 0.3) is 0 Å². The first-order chi connectivity index (χ1) is 14.0. The Morgan fingerprint density at radius 1 is 1.31 bits per heavy atom. The molecule has 1 aliphatic rings. The molecule has 1 aromatic carbocycles. The van der Waals surface area contributed by atoms with Crippen LogP contribution in [0.4, 0.5) is 16.3 Å². The predicted molar refractivity (Wildman–Crippen MR) is 107 cm³/mol. The van der Waals surface area contributed by atoms with Crippen molar-refractivity contribution < 1.29 is 23.6 Å². The molecular formula is C20H26N4O5. The molecule has 9 heteroatoms. The number of aryl methyl sites for hydroxylation is 1. The van der Waals surface area contributed by atoms with Crippen LogP contribution in [0.2, 0.25) is 0 Å². The van der Waals surface area contributed by atoms with Gasteiger partial charge in [-0.15, -0.1) is 0 Å². The van der Waals surface area contributed by atoms with Crippen LogP contribution in [0.15, 0.2) is 34.9 Å². The number of nitrogens with one attached hydrogen (secondary N) is 2. The molecule has 2 N–H and O–H groups in total. The van der Waals surface area contributed by atoms with Gasteiger partial charge in [0.25, 0.3) is 0 Å². The maximum absolute atomic E-state index is 12.9. The number of amides is 3. The number of hydrogen-bond donors (Lipinski definition) is 2. The highest BCUT2D eigenvalue weighted by Crippen LogP contribution is 2.24. The quantitative estimate of drug-likeness (QED) is 0.703.